The lowest BCUT2D eigenvalue weighted by molar-refractivity contribution is 0.0944. The van der Waals surface area contributed by atoms with Gasteiger partial charge in [-0.05, 0) is 19.2 Å². The van der Waals surface area contributed by atoms with Crippen LogP contribution in [-0.4, -0.2) is 40.8 Å². The average Bonchev–Trinajstić information content (AvgIpc) is 2.94. The minimum absolute atomic E-state index is 0.0469. The van der Waals surface area contributed by atoms with E-state index in [0.29, 0.717) is 24.9 Å². The average molecular weight is 290 g/mol. The highest BCUT2D eigenvalue weighted by Gasteiger charge is 2.20. The lowest BCUT2D eigenvalue weighted by Gasteiger charge is -2.25. The summed E-state index contributed by atoms with van der Waals surface area (Å²) >= 11 is 0. The Labute approximate surface area is 125 Å². The molecule has 0 unspecified atom stereocenters. The fourth-order valence-electron chi connectivity index (χ4n) is 2.06. The van der Waals surface area contributed by atoms with E-state index in [1.54, 1.807) is 13.3 Å². The van der Waals surface area contributed by atoms with Gasteiger partial charge in [0.15, 0.2) is 0 Å². The summed E-state index contributed by atoms with van der Waals surface area (Å²) in [6.45, 7) is 5.17. The second-order valence-electron chi connectivity index (χ2n) is 5.33. The number of ether oxygens (including phenoxy) is 1. The Morgan fingerprint density at radius 2 is 2.10 bits per heavy atom. The van der Waals surface area contributed by atoms with Crippen LogP contribution in [0.1, 0.15) is 43.3 Å². The maximum absolute atomic E-state index is 5.65. The molecule has 2 rings (SSSR count). The fourth-order valence-corrected chi connectivity index (χ4v) is 2.06. The molecule has 0 N–H and O–H groups in total. The SMILES string of the molecule is COC[C@H](c1ccccn1)N(C)Cc1nnc(C(C)C)o1. The largest absolute Gasteiger partial charge is 0.424 e. The monoisotopic (exact) mass is 290 g/mol. The van der Waals surface area contributed by atoms with E-state index in [1.165, 1.54) is 0 Å². The number of hydrogen-bond acceptors (Lipinski definition) is 6. The summed E-state index contributed by atoms with van der Waals surface area (Å²) in [6.07, 6.45) is 1.79. The zero-order valence-corrected chi connectivity index (χ0v) is 13.0. The molecule has 2 heterocycles. The predicted molar refractivity (Wildman–Crippen MR) is 78.7 cm³/mol. The van der Waals surface area contributed by atoms with Crippen molar-refractivity contribution in [3.8, 4) is 0 Å². The van der Waals surface area contributed by atoms with Gasteiger partial charge in [-0.3, -0.25) is 9.88 Å². The number of hydrogen-bond donors (Lipinski definition) is 0. The van der Waals surface area contributed by atoms with Crippen LogP contribution in [0.3, 0.4) is 0 Å². The number of nitrogens with zero attached hydrogens (tertiary/aromatic N) is 4. The first-order valence-electron chi connectivity index (χ1n) is 7.04. The van der Waals surface area contributed by atoms with Crippen molar-refractivity contribution in [2.45, 2.75) is 32.4 Å². The molecule has 0 aliphatic rings. The molecule has 0 aliphatic heterocycles. The van der Waals surface area contributed by atoms with Crippen LogP contribution in [0.4, 0.5) is 0 Å². The van der Waals surface area contributed by atoms with Crippen LogP contribution in [0.25, 0.3) is 0 Å². The van der Waals surface area contributed by atoms with Crippen LogP contribution in [0.5, 0.6) is 0 Å². The molecule has 0 saturated carbocycles. The first kappa shape index (κ1) is 15.6. The first-order chi connectivity index (χ1) is 10.1. The molecule has 6 heteroatoms. The third-order valence-corrected chi connectivity index (χ3v) is 3.25. The zero-order chi connectivity index (χ0) is 15.2. The lowest BCUT2D eigenvalue weighted by atomic mass is 10.1. The molecule has 21 heavy (non-hydrogen) atoms. The number of methoxy groups -OCH3 is 1. The molecule has 114 valence electrons. The fraction of sp³-hybridized carbons (Fsp3) is 0.533. The van der Waals surface area contributed by atoms with Gasteiger partial charge in [-0.25, -0.2) is 0 Å². The molecule has 0 aliphatic carbocycles. The predicted octanol–water partition coefficient (Wildman–Crippen LogP) is 2.41. The molecule has 2 aromatic rings. The van der Waals surface area contributed by atoms with E-state index in [2.05, 4.69) is 20.1 Å². The van der Waals surface area contributed by atoms with Crippen molar-refractivity contribution in [1.82, 2.24) is 20.1 Å². The summed E-state index contributed by atoms with van der Waals surface area (Å²) in [6, 6.07) is 5.92. The summed E-state index contributed by atoms with van der Waals surface area (Å²) in [5.41, 5.74) is 0.963. The van der Waals surface area contributed by atoms with Gasteiger partial charge in [0.05, 0.1) is 24.9 Å². The van der Waals surface area contributed by atoms with Crippen molar-refractivity contribution >= 4 is 0 Å². The highest BCUT2D eigenvalue weighted by Crippen LogP contribution is 2.20. The zero-order valence-electron chi connectivity index (χ0n) is 13.0. The van der Waals surface area contributed by atoms with E-state index < -0.39 is 0 Å². The van der Waals surface area contributed by atoms with E-state index in [1.807, 2.05) is 39.1 Å². The van der Waals surface area contributed by atoms with Crippen LogP contribution >= 0.6 is 0 Å². The third kappa shape index (κ3) is 4.09. The summed E-state index contributed by atoms with van der Waals surface area (Å²) in [7, 11) is 3.69. The quantitative estimate of drug-likeness (QED) is 0.780. The standard InChI is InChI=1S/C15H22N4O2/c1-11(2)15-18-17-14(21-15)9-19(3)13(10-20-4)12-7-5-6-8-16-12/h5-8,11,13H,9-10H2,1-4H3/t13-/m1/s1. The van der Waals surface area contributed by atoms with Gasteiger partial charge >= 0.3 is 0 Å². The minimum atomic E-state index is 0.0469. The van der Waals surface area contributed by atoms with Crippen molar-refractivity contribution in [2.75, 3.05) is 20.8 Å². The van der Waals surface area contributed by atoms with Crippen LogP contribution in [0.2, 0.25) is 0 Å². The van der Waals surface area contributed by atoms with Crippen LogP contribution < -0.4 is 0 Å². The molecule has 2 aromatic heterocycles. The van der Waals surface area contributed by atoms with Gasteiger partial charge in [0.2, 0.25) is 11.8 Å². The summed E-state index contributed by atoms with van der Waals surface area (Å²) in [5.74, 6) is 1.51. The smallest absolute Gasteiger partial charge is 0.230 e. The highest BCUT2D eigenvalue weighted by atomic mass is 16.5. The van der Waals surface area contributed by atoms with Gasteiger partial charge in [0, 0.05) is 19.2 Å². The van der Waals surface area contributed by atoms with Crippen molar-refractivity contribution in [2.24, 2.45) is 0 Å². The van der Waals surface area contributed by atoms with Gasteiger partial charge in [-0.15, -0.1) is 10.2 Å². The summed E-state index contributed by atoms with van der Waals surface area (Å²) in [4.78, 5) is 6.51. The Bertz CT molecular complexity index is 542. The van der Waals surface area contributed by atoms with Gasteiger partial charge in [0.1, 0.15) is 0 Å². The third-order valence-electron chi connectivity index (χ3n) is 3.25. The Kier molecular flexibility index (Phi) is 5.41. The van der Waals surface area contributed by atoms with Gasteiger partial charge in [0.25, 0.3) is 0 Å². The van der Waals surface area contributed by atoms with Gasteiger partial charge < -0.3 is 9.15 Å². The maximum atomic E-state index is 5.65. The summed E-state index contributed by atoms with van der Waals surface area (Å²) < 4.78 is 11.0. The molecule has 0 saturated heterocycles. The second-order valence-corrected chi connectivity index (χ2v) is 5.33. The molecule has 0 aromatic carbocycles. The molecule has 0 bridgehead atoms. The lowest BCUT2D eigenvalue weighted by Crippen LogP contribution is -2.28. The number of pyridine rings is 1. The molecule has 0 amide bonds. The normalized spacial score (nSPS) is 13.0. The topological polar surface area (TPSA) is 64.3 Å². The Hall–Kier alpha value is -1.79. The van der Waals surface area contributed by atoms with Crippen molar-refractivity contribution in [3.63, 3.8) is 0 Å². The van der Waals surface area contributed by atoms with E-state index in [-0.39, 0.29) is 12.0 Å². The van der Waals surface area contributed by atoms with Crippen molar-refractivity contribution in [1.29, 1.82) is 0 Å². The number of rotatable bonds is 7. The first-order valence-corrected chi connectivity index (χ1v) is 7.04. The second kappa shape index (κ2) is 7.28. The van der Waals surface area contributed by atoms with Crippen molar-refractivity contribution in [3.05, 3.63) is 41.9 Å². The van der Waals surface area contributed by atoms with E-state index in [0.717, 1.165) is 5.69 Å². The summed E-state index contributed by atoms with van der Waals surface area (Å²) in [5, 5.41) is 8.15. The van der Waals surface area contributed by atoms with Gasteiger partial charge in [-0.1, -0.05) is 19.9 Å². The number of likely N-dealkylation sites (N-methyl/N-ethyl adjacent to an activating group) is 1. The Morgan fingerprint density at radius 3 is 2.67 bits per heavy atom. The molecule has 1 atom stereocenters. The highest BCUT2D eigenvalue weighted by molar-refractivity contribution is 5.09. The minimum Gasteiger partial charge on any atom is -0.424 e. The van der Waals surface area contributed by atoms with Gasteiger partial charge in [-0.2, -0.15) is 0 Å². The van der Waals surface area contributed by atoms with E-state index in [4.69, 9.17) is 9.15 Å². The molecule has 0 spiro atoms. The van der Waals surface area contributed by atoms with E-state index >= 15 is 0 Å². The van der Waals surface area contributed by atoms with Crippen LogP contribution in [0, 0.1) is 0 Å². The maximum Gasteiger partial charge on any atom is 0.230 e. The van der Waals surface area contributed by atoms with Crippen LogP contribution in [-0.2, 0) is 11.3 Å². The molecule has 6 nitrogen and oxygen atoms in total. The molecular formula is C15H22N4O2. The number of aromatic nitrogens is 3. The van der Waals surface area contributed by atoms with Crippen LogP contribution in [0.15, 0.2) is 28.8 Å². The Morgan fingerprint density at radius 1 is 1.29 bits per heavy atom. The Balaban J connectivity index is 2.09. The van der Waals surface area contributed by atoms with Crippen molar-refractivity contribution < 1.29 is 9.15 Å². The molecule has 0 radical (unpaired) electrons. The molecular weight excluding hydrogens is 268 g/mol. The molecule has 0 fully saturated rings. The van der Waals surface area contributed by atoms with E-state index in [9.17, 15) is 0 Å².